The van der Waals surface area contributed by atoms with Gasteiger partial charge in [-0.25, -0.2) is 4.98 Å². The highest BCUT2D eigenvalue weighted by atomic mass is 32.1. The minimum Gasteiger partial charge on any atom is -0.298 e. The van der Waals surface area contributed by atoms with Crippen LogP contribution in [-0.4, -0.2) is 10.9 Å². The molecule has 1 N–H and O–H groups in total. The number of thiazole rings is 1. The number of anilines is 1. The van der Waals surface area contributed by atoms with Crippen molar-refractivity contribution in [2.75, 3.05) is 5.32 Å². The van der Waals surface area contributed by atoms with E-state index in [2.05, 4.69) is 29.4 Å². The summed E-state index contributed by atoms with van der Waals surface area (Å²) in [6.45, 7) is 8.08. The Bertz CT molecular complexity index is 841. The van der Waals surface area contributed by atoms with Gasteiger partial charge in [-0.15, -0.1) is 0 Å². The highest BCUT2D eigenvalue weighted by Crippen LogP contribution is 2.31. The van der Waals surface area contributed by atoms with Gasteiger partial charge in [0.15, 0.2) is 5.13 Å². The van der Waals surface area contributed by atoms with Crippen molar-refractivity contribution < 1.29 is 4.79 Å². The highest BCUT2D eigenvalue weighted by molar-refractivity contribution is 7.22. The summed E-state index contributed by atoms with van der Waals surface area (Å²) in [5.41, 5.74) is 6.11. The first kappa shape index (κ1) is 14.7. The number of aromatic nitrogens is 1. The number of aryl methyl sites for hydroxylation is 4. The molecule has 3 nitrogen and oxygen atoms in total. The lowest BCUT2D eigenvalue weighted by Gasteiger charge is -2.06. The molecule has 0 aliphatic rings. The molecule has 1 heterocycles. The zero-order valence-corrected chi connectivity index (χ0v) is 14.0. The van der Waals surface area contributed by atoms with Gasteiger partial charge in [0.25, 0.3) is 5.91 Å². The van der Waals surface area contributed by atoms with E-state index in [4.69, 9.17) is 0 Å². The molecular formula is C18H18N2OS. The third-order valence-corrected chi connectivity index (χ3v) is 4.90. The number of hydrogen-bond donors (Lipinski definition) is 1. The summed E-state index contributed by atoms with van der Waals surface area (Å²) in [5.74, 6) is -0.105. The molecule has 4 heteroatoms. The Morgan fingerprint density at radius 3 is 2.41 bits per heavy atom. The van der Waals surface area contributed by atoms with E-state index in [1.807, 2.05) is 39.0 Å². The number of rotatable bonds is 2. The number of nitrogens with one attached hydrogen (secondary N) is 1. The molecule has 0 unspecified atom stereocenters. The molecule has 0 aliphatic carbocycles. The molecule has 0 atom stereocenters. The Morgan fingerprint density at radius 2 is 1.73 bits per heavy atom. The van der Waals surface area contributed by atoms with E-state index >= 15 is 0 Å². The van der Waals surface area contributed by atoms with E-state index in [0.29, 0.717) is 10.7 Å². The van der Waals surface area contributed by atoms with Crippen molar-refractivity contribution >= 4 is 32.6 Å². The maximum atomic E-state index is 12.4. The monoisotopic (exact) mass is 310 g/mol. The van der Waals surface area contributed by atoms with Gasteiger partial charge in [0.05, 0.1) is 10.2 Å². The van der Waals surface area contributed by atoms with Crippen molar-refractivity contribution in [3.63, 3.8) is 0 Å². The SMILES string of the molecule is Cc1ccc(C(=O)Nc2nc3c(C)ccc(C)c3s2)c(C)c1. The number of carbonyl (C=O) groups excluding carboxylic acids is 1. The summed E-state index contributed by atoms with van der Waals surface area (Å²) in [6, 6.07) is 9.98. The Morgan fingerprint density at radius 1 is 1.00 bits per heavy atom. The van der Waals surface area contributed by atoms with Crippen molar-refractivity contribution in [1.29, 1.82) is 0 Å². The Hall–Kier alpha value is -2.20. The summed E-state index contributed by atoms with van der Waals surface area (Å²) in [6.07, 6.45) is 0. The van der Waals surface area contributed by atoms with Crippen molar-refractivity contribution in [3.8, 4) is 0 Å². The van der Waals surface area contributed by atoms with Gasteiger partial charge >= 0.3 is 0 Å². The van der Waals surface area contributed by atoms with Crippen LogP contribution < -0.4 is 5.32 Å². The molecule has 0 spiro atoms. The summed E-state index contributed by atoms with van der Waals surface area (Å²) in [5, 5.41) is 3.58. The molecule has 2 aromatic carbocycles. The fourth-order valence-corrected chi connectivity index (χ4v) is 3.55. The second-order valence-electron chi connectivity index (χ2n) is 5.67. The fraction of sp³-hybridized carbons (Fsp3) is 0.222. The molecular weight excluding hydrogens is 292 g/mol. The lowest BCUT2D eigenvalue weighted by Crippen LogP contribution is -2.13. The predicted molar refractivity (Wildman–Crippen MR) is 93.0 cm³/mol. The Labute approximate surface area is 134 Å². The van der Waals surface area contributed by atoms with Crippen LogP contribution in [0, 0.1) is 27.7 Å². The normalized spacial score (nSPS) is 10.9. The Balaban J connectivity index is 1.94. The van der Waals surface area contributed by atoms with Gasteiger partial charge in [-0.05, 0) is 50.5 Å². The van der Waals surface area contributed by atoms with Crippen molar-refractivity contribution in [2.24, 2.45) is 0 Å². The van der Waals surface area contributed by atoms with E-state index in [-0.39, 0.29) is 5.91 Å². The van der Waals surface area contributed by atoms with E-state index in [9.17, 15) is 4.79 Å². The largest absolute Gasteiger partial charge is 0.298 e. The first-order valence-corrected chi connectivity index (χ1v) is 8.02. The number of amides is 1. The zero-order valence-electron chi connectivity index (χ0n) is 13.2. The van der Waals surface area contributed by atoms with Crippen molar-refractivity contribution in [1.82, 2.24) is 4.98 Å². The topological polar surface area (TPSA) is 42.0 Å². The molecule has 3 rings (SSSR count). The molecule has 1 aromatic heterocycles. The van der Waals surface area contributed by atoms with Crippen LogP contribution in [0.2, 0.25) is 0 Å². The predicted octanol–water partition coefficient (Wildman–Crippen LogP) is 4.78. The van der Waals surface area contributed by atoms with Crippen LogP contribution in [0.15, 0.2) is 30.3 Å². The van der Waals surface area contributed by atoms with Crippen LogP contribution in [0.1, 0.15) is 32.6 Å². The second-order valence-corrected chi connectivity index (χ2v) is 6.67. The van der Waals surface area contributed by atoms with Gasteiger partial charge in [0.1, 0.15) is 0 Å². The summed E-state index contributed by atoms with van der Waals surface area (Å²) >= 11 is 1.53. The van der Waals surface area contributed by atoms with Crippen LogP contribution in [0.25, 0.3) is 10.2 Å². The van der Waals surface area contributed by atoms with Crippen LogP contribution in [0.5, 0.6) is 0 Å². The highest BCUT2D eigenvalue weighted by Gasteiger charge is 2.13. The maximum Gasteiger partial charge on any atom is 0.257 e. The van der Waals surface area contributed by atoms with Crippen LogP contribution >= 0.6 is 11.3 Å². The van der Waals surface area contributed by atoms with Crippen LogP contribution in [0.3, 0.4) is 0 Å². The molecule has 3 aromatic rings. The summed E-state index contributed by atoms with van der Waals surface area (Å²) in [7, 11) is 0. The number of fused-ring (bicyclic) bond motifs is 1. The second kappa shape index (κ2) is 5.54. The summed E-state index contributed by atoms with van der Waals surface area (Å²) < 4.78 is 1.14. The Kier molecular flexibility index (Phi) is 3.71. The number of benzene rings is 2. The van der Waals surface area contributed by atoms with Crippen molar-refractivity contribution in [2.45, 2.75) is 27.7 Å². The zero-order chi connectivity index (χ0) is 15.9. The number of hydrogen-bond acceptors (Lipinski definition) is 3. The van der Waals surface area contributed by atoms with E-state index in [1.165, 1.54) is 16.9 Å². The molecule has 0 aliphatic heterocycles. The van der Waals surface area contributed by atoms with Crippen LogP contribution in [-0.2, 0) is 0 Å². The third kappa shape index (κ3) is 2.62. The lowest BCUT2D eigenvalue weighted by molar-refractivity contribution is 0.102. The average Bonchev–Trinajstić information content (AvgIpc) is 2.88. The molecule has 0 saturated carbocycles. The van der Waals surface area contributed by atoms with Gasteiger partial charge in [0, 0.05) is 5.56 Å². The average molecular weight is 310 g/mol. The smallest absolute Gasteiger partial charge is 0.257 e. The van der Waals surface area contributed by atoms with Gasteiger partial charge < -0.3 is 0 Å². The van der Waals surface area contributed by atoms with Crippen molar-refractivity contribution in [3.05, 3.63) is 58.1 Å². The van der Waals surface area contributed by atoms with E-state index in [1.54, 1.807) is 0 Å². The van der Waals surface area contributed by atoms with E-state index in [0.717, 1.165) is 26.9 Å². The molecule has 0 fully saturated rings. The summed E-state index contributed by atoms with van der Waals surface area (Å²) in [4.78, 5) is 17.0. The number of carbonyl (C=O) groups is 1. The van der Waals surface area contributed by atoms with E-state index < -0.39 is 0 Å². The molecule has 0 saturated heterocycles. The lowest BCUT2D eigenvalue weighted by atomic mass is 10.1. The molecule has 1 amide bonds. The first-order valence-electron chi connectivity index (χ1n) is 7.21. The van der Waals surface area contributed by atoms with Crippen LogP contribution in [0.4, 0.5) is 5.13 Å². The van der Waals surface area contributed by atoms with Gasteiger partial charge in [0.2, 0.25) is 0 Å². The number of nitrogens with zero attached hydrogens (tertiary/aromatic N) is 1. The maximum absolute atomic E-state index is 12.4. The molecule has 22 heavy (non-hydrogen) atoms. The van der Waals surface area contributed by atoms with Gasteiger partial charge in [-0.2, -0.15) is 0 Å². The molecule has 112 valence electrons. The van der Waals surface area contributed by atoms with Gasteiger partial charge in [-0.1, -0.05) is 41.2 Å². The minimum absolute atomic E-state index is 0.105. The van der Waals surface area contributed by atoms with Gasteiger partial charge in [-0.3, -0.25) is 10.1 Å². The fourth-order valence-electron chi connectivity index (χ4n) is 2.55. The molecule has 0 radical (unpaired) electrons. The standard InChI is InChI=1S/C18H18N2OS/c1-10-5-8-14(13(4)9-10)17(21)20-18-19-15-11(2)6-7-12(3)16(15)22-18/h5-9H,1-4H3,(H,19,20,21). The third-order valence-electron chi connectivity index (χ3n) is 3.79. The molecule has 0 bridgehead atoms. The quantitative estimate of drug-likeness (QED) is 0.740. The first-order chi connectivity index (χ1) is 10.5. The minimum atomic E-state index is -0.105.